The lowest BCUT2D eigenvalue weighted by molar-refractivity contribution is -0.123. The van der Waals surface area contributed by atoms with E-state index < -0.39 is 29.6 Å². The number of carbonyl (C=O) groups is 3. The van der Waals surface area contributed by atoms with Crippen molar-refractivity contribution in [2.75, 3.05) is 18.5 Å². The van der Waals surface area contributed by atoms with Crippen LogP contribution in [0.15, 0.2) is 24.3 Å². The smallest absolute Gasteiger partial charge is 0.407 e. The van der Waals surface area contributed by atoms with Gasteiger partial charge in [-0.15, -0.1) is 0 Å². The van der Waals surface area contributed by atoms with Crippen LogP contribution in [0.3, 0.4) is 0 Å². The molecule has 9 nitrogen and oxygen atoms in total. The van der Waals surface area contributed by atoms with Gasteiger partial charge < -0.3 is 31.6 Å². The maximum Gasteiger partial charge on any atom is 0.407 e. The van der Waals surface area contributed by atoms with E-state index in [0.29, 0.717) is 31.0 Å². The van der Waals surface area contributed by atoms with E-state index in [1.54, 1.807) is 45.0 Å². The molecule has 150 valence electrons. The van der Waals surface area contributed by atoms with E-state index >= 15 is 0 Å². The van der Waals surface area contributed by atoms with Gasteiger partial charge in [0.05, 0.1) is 19.1 Å². The van der Waals surface area contributed by atoms with Gasteiger partial charge in [-0.05, 0) is 51.5 Å². The normalized spacial score (nSPS) is 12.0. The predicted octanol–water partition coefficient (Wildman–Crippen LogP) is 1.12. The maximum absolute atomic E-state index is 11.7. The molecule has 0 saturated heterocycles. The molecule has 0 bridgehead atoms. The van der Waals surface area contributed by atoms with Gasteiger partial charge in [0.15, 0.2) is 0 Å². The van der Waals surface area contributed by atoms with Gasteiger partial charge in [0.2, 0.25) is 11.8 Å². The quantitative estimate of drug-likeness (QED) is 0.472. The molecule has 0 aliphatic rings. The number of primary amides is 1. The van der Waals surface area contributed by atoms with Gasteiger partial charge >= 0.3 is 6.09 Å². The van der Waals surface area contributed by atoms with Gasteiger partial charge in [-0.25, -0.2) is 4.79 Å². The molecule has 1 aromatic carbocycles. The fourth-order valence-corrected chi connectivity index (χ4v) is 1.91. The van der Waals surface area contributed by atoms with Crippen molar-refractivity contribution in [3.63, 3.8) is 0 Å². The molecule has 1 atom stereocenters. The Kier molecular flexibility index (Phi) is 8.53. The van der Waals surface area contributed by atoms with Crippen molar-refractivity contribution in [2.45, 2.75) is 45.3 Å². The first-order valence-electron chi connectivity index (χ1n) is 8.61. The number of benzene rings is 1. The molecule has 0 aliphatic carbocycles. The minimum Gasteiger partial charge on any atom is -0.494 e. The second-order valence-electron chi connectivity index (χ2n) is 6.92. The van der Waals surface area contributed by atoms with E-state index in [9.17, 15) is 14.4 Å². The Morgan fingerprint density at radius 2 is 1.78 bits per heavy atom. The van der Waals surface area contributed by atoms with Crippen LogP contribution in [-0.4, -0.2) is 42.7 Å². The fraction of sp³-hybridized carbons (Fsp3) is 0.500. The molecule has 3 amide bonds. The van der Waals surface area contributed by atoms with Crippen molar-refractivity contribution in [1.29, 1.82) is 0 Å². The molecule has 9 heteroatoms. The Bertz CT molecular complexity index is 640. The summed E-state index contributed by atoms with van der Waals surface area (Å²) in [6.45, 7) is 6.24. The number of anilines is 1. The van der Waals surface area contributed by atoms with Crippen molar-refractivity contribution in [2.24, 2.45) is 11.5 Å². The van der Waals surface area contributed by atoms with E-state index in [2.05, 4.69) is 10.6 Å². The standard InChI is InChI=1S/C18H28N4O5/c1-18(2,3)27-17(25)21-9-4-10-26-13-7-5-12(6-8-13)22-15(23)11-14(19)16(20)24/h5-8,14H,4,9-11,19H2,1-3H3,(H2,20,24)(H,21,25)(H,22,23)/t14-/m0/s1. The highest BCUT2D eigenvalue weighted by Crippen LogP contribution is 2.16. The van der Waals surface area contributed by atoms with Crippen molar-refractivity contribution in [3.05, 3.63) is 24.3 Å². The number of hydrogen-bond donors (Lipinski definition) is 4. The van der Waals surface area contributed by atoms with Gasteiger partial charge in [-0.3, -0.25) is 9.59 Å². The molecule has 0 aromatic heterocycles. The monoisotopic (exact) mass is 380 g/mol. The van der Waals surface area contributed by atoms with Crippen LogP contribution in [0.4, 0.5) is 10.5 Å². The number of hydrogen-bond acceptors (Lipinski definition) is 6. The highest BCUT2D eigenvalue weighted by Gasteiger charge is 2.15. The maximum atomic E-state index is 11.7. The summed E-state index contributed by atoms with van der Waals surface area (Å²) in [7, 11) is 0. The summed E-state index contributed by atoms with van der Waals surface area (Å²) in [4.78, 5) is 34.1. The largest absolute Gasteiger partial charge is 0.494 e. The number of carbonyl (C=O) groups excluding carboxylic acids is 3. The lowest BCUT2D eigenvalue weighted by Crippen LogP contribution is -2.39. The predicted molar refractivity (Wildman–Crippen MR) is 101 cm³/mol. The van der Waals surface area contributed by atoms with E-state index in [4.69, 9.17) is 20.9 Å². The second-order valence-corrected chi connectivity index (χ2v) is 6.92. The molecule has 0 heterocycles. The first-order valence-corrected chi connectivity index (χ1v) is 8.61. The molecule has 0 aliphatic heterocycles. The molecule has 27 heavy (non-hydrogen) atoms. The molecule has 0 unspecified atom stereocenters. The Morgan fingerprint density at radius 1 is 1.15 bits per heavy atom. The summed E-state index contributed by atoms with van der Waals surface area (Å²) in [5.74, 6) is -0.502. The van der Waals surface area contributed by atoms with Crippen LogP contribution in [0, 0.1) is 0 Å². The van der Waals surface area contributed by atoms with Gasteiger partial charge in [-0.1, -0.05) is 0 Å². The molecule has 0 saturated carbocycles. The molecular weight excluding hydrogens is 352 g/mol. The van der Waals surface area contributed by atoms with Gasteiger partial charge in [-0.2, -0.15) is 0 Å². The molecule has 6 N–H and O–H groups in total. The van der Waals surface area contributed by atoms with Crippen molar-refractivity contribution < 1.29 is 23.9 Å². The van der Waals surface area contributed by atoms with E-state index in [0.717, 1.165) is 0 Å². The fourth-order valence-electron chi connectivity index (χ4n) is 1.91. The number of amides is 3. The van der Waals surface area contributed by atoms with Crippen molar-refractivity contribution in [1.82, 2.24) is 5.32 Å². The average Bonchev–Trinajstić information content (AvgIpc) is 2.54. The number of ether oxygens (including phenoxy) is 2. The van der Waals surface area contributed by atoms with E-state index in [1.165, 1.54) is 0 Å². The zero-order valence-corrected chi connectivity index (χ0v) is 15.9. The second kappa shape index (κ2) is 10.4. The van der Waals surface area contributed by atoms with Crippen LogP contribution in [0.2, 0.25) is 0 Å². The van der Waals surface area contributed by atoms with Crippen molar-refractivity contribution in [3.8, 4) is 5.75 Å². The van der Waals surface area contributed by atoms with Crippen LogP contribution >= 0.6 is 0 Å². The third-order valence-corrected chi connectivity index (χ3v) is 3.17. The first kappa shape index (κ1) is 22.2. The minimum absolute atomic E-state index is 0.182. The van der Waals surface area contributed by atoms with Crippen LogP contribution in [0.5, 0.6) is 5.75 Å². The molecular formula is C18H28N4O5. The Balaban J connectivity index is 2.27. The Hall–Kier alpha value is -2.81. The molecule has 1 rings (SSSR count). The van der Waals surface area contributed by atoms with Gasteiger partial charge in [0.25, 0.3) is 0 Å². The van der Waals surface area contributed by atoms with Crippen molar-refractivity contribution >= 4 is 23.6 Å². The highest BCUT2D eigenvalue weighted by atomic mass is 16.6. The average molecular weight is 380 g/mol. The molecule has 0 fully saturated rings. The summed E-state index contributed by atoms with van der Waals surface area (Å²) in [6.07, 6.45) is -0.0281. The topological polar surface area (TPSA) is 146 Å². The Labute approximate surface area is 158 Å². The van der Waals surface area contributed by atoms with Crippen LogP contribution in [0.25, 0.3) is 0 Å². The Morgan fingerprint density at radius 3 is 2.33 bits per heavy atom. The van der Waals surface area contributed by atoms with E-state index in [-0.39, 0.29) is 6.42 Å². The van der Waals surface area contributed by atoms with E-state index in [1.807, 2.05) is 0 Å². The number of nitrogens with one attached hydrogen (secondary N) is 2. The first-order chi connectivity index (χ1) is 12.6. The lowest BCUT2D eigenvalue weighted by atomic mass is 10.2. The summed E-state index contributed by atoms with van der Waals surface area (Å²) < 4.78 is 10.7. The third kappa shape index (κ3) is 10.0. The number of alkyl carbamates (subject to hydrolysis) is 1. The number of rotatable bonds is 9. The summed E-state index contributed by atoms with van der Waals surface area (Å²) in [5.41, 5.74) is 10.5. The zero-order valence-electron chi connectivity index (χ0n) is 15.9. The SMILES string of the molecule is CC(C)(C)OC(=O)NCCCOc1ccc(NC(=O)C[C@H](N)C(N)=O)cc1. The van der Waals surface area contributed by atoms with Crippen LogP contribution < -0.4 is 26.8 Å². The van der Waals surface area contributed by atoms with Crippen LogP contribution in [-0.2, 0) is 14.3 Å². The summed E-state index contributed by atoms with van der Waals surface area (Å²) >= 11 is 0. The van der Waals surface area contributed by atoms with Gasteiger partial charge in [0, 0.05) is 12.2 Å². The minimum atomic E-state index is -1.01. The summed E-state index contributed by atoms with van der Waals surface area (Å²) in [5, 5.41) is 5.27. The van der Waals surface area contributed by atoms with Crippen LogP contribution in [0.1, 0.15) is 33.6 Å². The zero-order chi connectivity index (χ0) is 20.4. The lowest BCUT2D eigenvalue weighted by Gasteiger charge is -2.19. The third-order valence-electron chi connectivity index (χ3n) is 3.17. The molecule has 1 aromatic rings. The number of nitrogens with two attached hydrogens (primary N) is 2. The van der Waals surface area contributed by atoms with Gasteiger partial charge in [0.1, 0.15) is 11.4 Å². The molecule has 0 radical (unpaired) electrons. The summed E-state index contributed by atoms with van der Waals surface area (Å²) in [6, 6.07) is 5.72. The highest BCUT2D eigenvalue weighted by molar-refractivity contribution is 5.94. The molecule has 0 spiro atoms.